The third-order valence-electron chi connectivity index (χ3n) is 6.43. The van der Waals surface area contributed by atoms with E-state index in [2.05, 4.69) is 15.2 Å². The van der Waals surface area contributed by atoms with Crippen molar-refractivity contribution in [2.45, 2.75) is 25.0 Å². The number of rotatable bonds is 1. The molecule has 4 aliphatic heterocycles. The van der Waals surface area contributed by atoms with E-state index in [4.69, 9.17) is 4.74 Å². The van der Waals surface area contributed by atoms with Crippen LogP contribution in [0.2, 0.25) is 0 Å². The van der Waals surface area contributed by atoms with Gasteiger partial charge in [-0.2, -0.15) is 4.39 Å². The fourth-order valence-electron chi connectivity index (χ4n) is 4.97. The number of carbonyl (C=O) groups is 2. The molecule has 0 bridgehead atoms. The molecule has 5 heterocycles. The lowest BCUT2D eigenvalue weighted by molar-refractivity contribution is -0.139. The quantitative estimate of drug-likeness (QED) is 0.706. The van der Waals surface area contributed by atoms with E-state index in [1.54, 1.807) is 0 Å². The van der Waals surface area contributed by atoms with Crippen LogP contribution in [-0.2, 0) is 9.53 Å². The molecule has 28 heavy (non-hydrogen) atoms. The number of morpholine rings is 1. The molecular formula is C19H24FN5O3. The van der Waals surface area contributed by atoms with Gasteiger partial charge in [0.15, 0.2) is 0 Å². The van der Waals surface area contributed by atoms with Crippen LogP contribution >= 0.6 is 0 Å². The van der Waals surface area contributed by atoms with Gasteiger partial charge in [0.05, 0.1) is 12.1 Å². The largest absolute Gasteiger partial charge is 0.370 e. The summed E-state index contributed by atoms with van der Waals surface area (Å²) in [5, 5.41) is 2.94. The van der Waals surface area contributed by atoms with Gasteiger partial charge in [-0.1, -0.05) is 0 Å². The number of ether oxygens (including phenoxy) is 1. The molecule has 1 N–H and O–H groups in total. The Balaban J connectivity index is 1.18. The first kappa shape index (κ1) is 17.7. The lowest BCUT2D eigenvalue weighted by atomic mass is 9.79. The van der Waals surface area contributed by atoms with E-state index in [1.165, 1.54) is 12.3 Å². The number of aromatic nitrogens is 1. The number of halogens is 1. The van der Waals surface area contributed by atoms with Gasteiger partial charge in [-0.05, 0) is 18.9 Å². The van der Waals surface area contributed by atoms with Gasteiger partial charge in [-0.25, -0.2) is 9.78 Å². The molecule has 0 aromatic carbocycles. The molecule has 5 rings (SSSR count). The number of nitrogens with one attached hydrogen (secondary N) is 1. The lowest BCUT2D eigenvalue weighted by Gasteiger charge is -2.49. The summed E-state index contributed by atoms with van der Waals surface area (Å²) in [4.78, 5) is 34.1. The lowest BCUT2D eigenvalue weighted by Crippen LogP contribution is -2.62. The van der Waals surface area contributed by atoms with Crippen LogP contribution in [0.3, 0.4) is 0 Å². The minimum absolute atomic E-state index is 0.00705. The molecule has 1 unspecified atom stereocenters. The number of anilines is 1. The van der Waals surface area contributed by atoms with Crippen molar-refractivity contribution in [3.63, 3.8) is 0 Å². The molecule has 0 saturated carbocycles. The van der Waals surface area contributed by atoms with Crippen LogP contribution in [0, 0.1) is 11.4 Å². The average Bonchev–Trinajstić information content (AvgIpc) is 3.11. The van der Waals surface area contributed by atoms with Gasteiger partial charge in [0.25, 0.3) is 0 Å². The van der Waals surface area contributed by atoms with Crippen molar-refractivity contribution in [3.05, 3.63) is 24.3 Å². The summed E-state index contributed by atoms with van der Waals surface area (Å²) in [7, 11) is 0. The Hall–Kier alpha value is -2.42. The van der Waals surface area contributed by atoms with Gasteiger partial charge < -0.3 is 24.8 Å². The monoisotopic (exact) mass is 389 g/mol. The van der Waals surface area contributed by atoms with Crippen LogP contribution < -0.4 is 10.2 Å². The van der Waals surface area contributed by atoms with Crippen molar-refractivity contribution < 1.29 is 18.7 Å². The Kier molecular flexibility index (Phi) is 4.15. The van der Waals surface area contributed by atoms with Gasteiger partial charge in [0.2, 0.25) is 11.9 Å². The second-order valence-electron chi connectivity index (χ2n) is 8.41. The maximum atomic E-state index is 13.3. The van der Waals surface area contributed by atoms with Crippen LogP contribution in [0.25, 0.3) is 0 Å². The van der Waals surface area contributed by atoms with E-state index < -0.39 is 5.95 Å². The fraction of sp³-hybridized carbons (Fsp3) is 0.632. The number of hydrogen-bond acceptors (Lipinski definition) is 5. The molecule has 9 heteroatoms. The smallest absolute Gasteiger partial charge is 0.320 e. The molecular weight excluding hydrogens is 365 g/mol. The summed E-state index contributed by atoms with van der Waals surface area (Å²) in [6.07, 6.45) is 3.20. The van der Waals surface area contributed by atoms with Crippen LogP contribution in [0.5, 0.6) is 0 Å². The molecule has 0 radical (unpaired) electrons. The first-order valence-electron chi connectivity index (χ1n) is 9.83. The van der Waals surface area contributed by atoms with E-state index in [0.717, 1.165) is 44.7 Å². The molecule has 150 valence electrons. The van der Waals surface area contributed by atoms with Crippen molar-refractivity contribution in [2.24, 2.45) is 5.41 Å². The highest BCUT2D eigenvalue weighted by molar-refractivity contribution is 5.79. The molecule has 4 aliphatic rings. The Morgan fingerprint density at radius 1 is 1.29 bits per heavy atom. The van der Waals surface area contributed by atoms with Gasteiger partial charge in [0.1, 0.15) is 6.61 Å². The van der Waals surface area contributed by atoms with Crippen LogP contribution in [0.4, 0.5) is 14.9 Å². The zero-order valence-corrected chi connectivity index (χ0v) is 15.6. The third kappa shape index (κ3) is 3.07. The SMILES string of the molecule is O=C1CO[C@H]2CCN(C(=O)N3CCC4(C3)CN(c3ccnc(F)c3)C4)CC2N1. The topological polar surface area (TPSA) is 78.0 Å². The highest BCUT2D eigenvalue weighted by Gasteiger charge is 2.50. The van der Waals surface area contributed by atoms with Gasteiger partial charge in [-0.15, -0.1) is 0 Å². The van der Waals surface area contributed by atoms with Crippen molar-refractivity contribution in [3.8, 4) is 0 Å². The number of fused-ring (bicyclic) bond motifs is 1. The van der Waals surface area contributed by atoms with Crippen LogP contribution in [0.15, 0.2) is 18.3 Å². The highest BCUT2D eigenvalue weighted by atomic mass is 19.1. The van der Waals surface area contributed by atoms with Gasteiger partial charge in [0, 0.05) is 62.6 Å². The Bertz CT molecular complexity index is 800. The highest BCUT2D eigenvalue weighted by Crippen LogP contribution is 2.42. The summed E-state index contributed by atoms with van der Waals surface area (Å²) in [5.74, 6) is -0.582. The number of nitrogens with zero attached hydrogens (tertiary/aromatic N) is 4. The number of likely N-dealkylation sites (tertiary alicyclic amines) is 2. The number of carbonyl (C=O) groups excluding carboxylic acids is 2. The zero-order valence-electron chi connectivity index (χ0n) is 15.6. The Morgan fingerprint density at radius 2 is 2.14 bits per heavy atom. The Morgan fingerprint density at radius 3 is 2.96 bits per heavy atom. The standard InChI is InChI=1S/C19H24FN5O3/c20-16-7-13(1-4-21-16)25-11-19(12-25)3-6-24(10-19)18(27)23-5-2-15-14(8-23)22-17(26)9-28-15/h1,4,7,14-15H,2-3,5-6,8-12H2,(H,22,26)/t14?,15-/m0/s1. The van der Waals surface area contributed by atoms with E-state index in [0.29, 0.717) is 13.1 Å². The van der Waals surface area contributed by atoms with Crippen LogP contribution in [-0.4, -0.2) is 84.7 Å². The Labute approximate surface area is 162 Å². The molecule has 4 fully saturated rings. The predicted molar refractivity (Wildman–Crippen MR) is 98.3 cm³/mol. The first-order valence-corrected chi connectivity index (χ1v) is 9.83. The molecule has 4 saturated heterocycles. The molecule has 1 aromatic rings. The third-order valence-corrected chi connectivity index (χ3v) is 6.43. The molecule has 3 amide bonds. The van der Waals surface area contributed by atoms with Crippen LogP contribution in [0.1, 0.15) is 12.8 Å². The van der Waals surface area contributed by atoms with Crippen molar-refractivity contribution in [1.82, 2.24) is 20.1 Å². The minimum atomic E-state index is -0.469. The molecule has 1 spiro atoms. The van der Waals surface area contributed by atoms with Gasteiger partial charge >= 0.3 is 6.03 Å². The minimum Gasteiger partial charge on any atom is -0.370 e. The second-order valence-corrected chi connectivity index (χ2v) is 8.41. The molecule has 1 aromatic heterocycles. The van der Waals surface area contributed by atoms with E-state index in [-0.39, 0.29) is 36.1 Å². The number of piperidine rings is 1. The summed E-state index contributed by atoms with van der Waals surface area (Å²) >= 11 is 0. The summed E-state index contributed by atoms with van der Waals surface area (Å²) in [6, 6.07) is 3.20. The van der Waals surface area contributed by atoms with E-state index >= 15 is 0 Å². The van der Waals surface area contributed by atoms with Crippen molar-refractivity contribution in [2.75, 3.05) is 50.8 Å². The summed E-state index contributed by atoms with van der Waals surface area (Å²) < 4.78 is 18.9. The zero-order chi connectivity index (χ0) is 19.3. The first-order chi connectivity index (χ1) is 13.5. The van der Waals surface area contributed by atoms with E-state index in [1.807, 2.05) is 15.9 Å². The summed E-state index contributed by atoms with van der Waals surface area (Å²) in [5.41, 5.74) is 0.939. The maximum absolute atomic E-state index is 13.3. The second kappa shape index (κ2) is 6.58. The maximum Gasteiger partial charge on any atom is 0.320 e. The van der Waals surface area contributed by atoms with Crippen molar-refractivity contribution >= 4 is 17.6 Å². The molecule has 0 aliphatic carbocycles. The van der Waals surface area contributed by atoms with Gasteiger partial charge in [-0.3, -0.25) is 4.79 Å². The number of urea groups is 1. The number of pyridine rings is 1. The molecule has 2 atom stereocenters. The average molecular weight is 389 g/mol. The summed E-state index contributed by atoms with van der Waals surface area (Å²) in [6.45, 7) is 4.39. The van der Waals surface area contributed by atoms with E-state index in [9.17, 15) is 14.0 Å². The normalized spacial score (nSPS) is 28.8. The number of hydrogen-bond donors (Lipinski definition) is 1. The fourth-order valence-corrected chi connectivity index (χ4v) is 4.97. The molecule has 8 nitrogen and oxygen atoms in total. The van der Waals surface area contributed by atoms with Crippen molar-refractivity contribution in [1.29, 1.82) is 0 Å². The number of amides is 3. The predicted octanol–water partition coefficient (Wildman–Crippen LogP) is 0.442.